The fourth-order valence-electron chi connectivity index (χ4n) is 3.27. The van der Waals surface area contributed by atoms with Crippen LogP contribution in [0.1, 0.15) is 33.2 Å². The van der Waals surface area contributed by atoms with Crippen molar-refractivity contribution in [2.24, 2.45) is 0 Å². The molecule has 0 fully saturated rings. The maximum absolute atomic E-state index is 13.0. The average molecular weight is 416 g/mol. The first kappa shape index (κ1) is 21.6. The third-order valence-corrected chi connectivity index (χ3v) is 4.94. The third-order valence-electron chi connectivity index (χ3n) is 4.94. The SMILES string of the molecule is Cc1c(C(=O)NCC(c2ccccc2)N(C)C)cnn1-c1cccc(C(F)(F)F)c1. The van der Waals surface area contributed by atoms with E-state index in [1.807, 2.05) is 49.3 Å². The maximum Gasteiger partial charge on any atom is 0.416 e. The van der Waals surface area contributed by atoms with Crippen LogP contribution in [0.25, 0.3) is 5.69 Å². The number of amides is 1. The van der Waals surface area contributed by atoms with Crippen LogP contribution in [0.3, 0.4) is 0 Å². The predicted octanol–water partition coefficient (Wildman–Crippen LogP) is 4.23. The fourth-order valence-corrected chi connectivity index (χ4v) is 3.27. The van der Waals surface area contributed by atoms with Crippen molar-refractivity contribution in [3.63, 3.8) is 0 Å². The van der Waals surface area contributed by atoms with Crippen molar-refractivity contribution < 1.29 is 18.0 Å². The molecule has 1 N–H and O–H groups in total. The summed E-state index contributed by atoms with van der Waals surface area (Å²) in [7, 11) is 3.86. The lowest BCUT2D eigenvalue weighted by Gasteiger charge is -2.25. The fraction of sp³-hybridized carbons (Fsp3) is 0.273. The van der Waals surface area contributed by atoms with E-state index in [2.05, 4.69) is 10.4 Å². The number of hydrogen-bond acceptors (Lipinski definition) is 3. The van der Waals surface area contributed by atoms with Gasteiger partial charge in [0.15, 0.2) is 0 Å². The second-order valence-electron chi connectivity index (χ2n) is 7.20. The van der Waals surface area contributed by atoms with Gasteiger partial charge in [0.25, 0.3) is 5.91 Å². The molecule has 1 aromatic heterocycles. The molecule has 1 unspecified atom stereocenters. The molecular weight excluding hydrogens is 393 g/mol. The number of nitrogens with one attached hydrogen (secondary N) is 1. The normalized spacial score (nSPS) is 12.8. The molecule has 0 radical (unpaired) electrons. The molecule has 3 aromatic rings. The number of benzene rings is 2. The quantitative estimate of drug-likeness (QED) is 0.654. The zero-order chi connectivity index (χ0) is 21.9. The van der Waals surface area contributed by atoms with Gasteiger partial charge in [0.05, 0.1) is 34.7 Å². The smallest absolute Gasteiger partial charge is 0.350 e. The summed E-state index contributed by atoms with van der Waals surface area (Å²) in [4.78, 5) is 14.7. The Balaban J connectivity index is 1.78. The van der Waals surface area contributed by atoms with Gasteiger partial charge in [-0.1, -0.05) is 36.4 Å². The molecule has 5 nitrogen and oxygen atoms in total. The van der Waals surface area contributed by atoms with Gasteiger partial charge >= 0.3 is 6.18 Å². The molecule has 0 aliphatic rings. The standard InChI is InChI=1S/C22H23F3N4O/c1-15-19(13-27-29(15)18-11-7-10-17(12-18)22(23,24)25)21(30)26-14-20(28(2)3)16-8-5-4-6-9-16/h4-13,20H,14H2,1-3H3,(H,26,30). The van der Waals surface area contributed by atoms with E-state index in [1.165, 1.54) is 23.0 Å². The largest absolute Gasteiger partial charge is 0.416 e. The number of rotatable bonds is 6. The van der Waals surface area contributed by atoms with Crippen LogP contribution in [-0.2, 0) is 6.18 Å². The summed E-state index contributed by atoms with van der Waals surface area (Å²) in [6, 6.07) is 14.6. The molecule has 1 heterocycles. The van der Waals surface area contributed by atoms with E-state index in [4.69, 9.17) is 0 Å². The highest BCUT2D eigenvalue weighted by Gasteiger charge is 2.30. The number of carbonyl (C=O) groups is 1. The molecule has 0 aliphatic heterocycles. The molecule has 2 aromatic carbocycles. The first-order valence-corrected chi connectivity index (χ1v) is 9.40. The highest BCUT2D eigenvalue weighted by atomic mass is 19.4. The molecule has 1 amide bonds. The van der Waals surface area contributed by atoms with Crippen molar-refractivity contribution in [2.75, 3.05) is 20.6 Å². The molecule has 30 heavy (non-hydrogen) atoms. The van der Waals surface area contributed by atoms with Crippen molar-refractivity contribution in [2.45, 2.75) is 19.1 Å². The Hall–Kier alpha value is -3.13. The summed E-state index contributed by atoms with van der Waals surface area (Å²) < 4.78 is 40.3. The van der Waals surface area contributed by atoms with Gasteiger partial charge in [-0.05, 0) is 44.8 Å². The third kappa shape index (κ3) is 4.71. The van der Waals surface area contributed by atoms with Gasteiger partial charge in [-0.25, -0.2) is 4.68 Å². The maximum atomic E-state index is 13.0. The van der Waals surface area contributed by atoms with Crippen LogP contribution >= 0.6 is 0 Å². The van der Waals surface area contributed by atoms with Crippen molar-refractivity contribution in [1.29, 1.82) is 0 Å². The topological polar surface area (TPSA) is 50.2 Å². The van der Waals surface area contributed by atoms with E-state index in [0.717, 1.165) is 17.7 Å². The molecule has 0 saturated heterocycles. The van der Waals surface area contributed by atoms with Crippen molar-refractivity contribution in [1.82, 2.24) is 20.0 Å². The number of carbonyl (C=O) groups excluding carboxylic acids is 1. The number of aromatic nitrogens is 2. The van der Waals surface area contributed by atoms with Crippen LogP contribution in [0.4, 0.5) is 13.2 Å². The first-order chi connectivity index (χ1) is 14.2. The predicted molar refractivity (Wildman–Crippen MR) is 109 cm³/mol. The van der Waals surface area contributed by atoms with Gasteiger partial charge in [-0.15, -0.1) is 0 Å². The van der Waals surface area contributed by atoms with Gasteiger partial charge in [0.1, 0.15) is 0 Å². The minimum Gasteiger partial charge on any atom is -0.350 e. The van der Waals surface area contributed by atoms with Gasteiger partial charge in [-0.2, -0.15) is 18.3 Å². The van der Waals surface area contributed by atoms with Crippen molar-refractivity contribution >= 4 is 5.91 Å². The number of likely N-dealkylation sites (N-methyl/N-ethyl adjacent to an activating group) is 1. The molecule has 0 spiro atoms. The van der Waals surface area contributed by atoms with Crippen LogP contribution in [0, 0.1) is 6.92 Å². The summed E-state index contributed by atoms with van der Waals surface area (Å²) in [5.74, 6) is -0.325. The minimum absolute atomic E-state index is 0.0195. The zero-order valence-electron chi connectivity index (χ0n) is 16.9. The molecule has 0 aliphatic carbocycles. The minimum atomic E-state index is -4.45. The van der Waals surface area contributed by atoms with E-state index < -0.39 is 11.7 Å². The van der Waals surface area contributed by atoms with Crippen molar-refractivity contribution in [3.05, 3.63) is 83.2 Å². The lowest BCUT2D eigenvalue weighted by Crippen LogP contribution is -2.34. The first-order valence-electron chi connectivity index (χ1n) is 9.40. The Morgan fingerprint density at radius 2 is 1.83 bits per heavy atom. The number of nitrogens with zero attached hydrogens (tertiary/aromatic N) is 3. The second kappa shape index (κ2) is 8.71. The highest BCUT2D eigenvalue weighted by Crippen LogP contribution is 2.30. The Kier molecular flexibility index (Phi) is 6.26. The van der Waals surface area contributed by atoms with Crippen LogP contribution in [-0.4, -0.2) is 41.2 Å². The Bertz CT molecular complexity index is 1010. The molecular formula is C22H23F3N4O. The van der Waals surface area contributed by atoms with E-state index in [0.29, 0.717) is 17.8 Å². The molecule has 0 bridgehead atoms. The summed E-state index contributed by atoms with van der Waals surface area (Å²) in [6.07, 6.45) is -3.08. The van der Waals surface area contributed by atoms with E-state index in [9.17, 15) is 18.0 Å². The Labute approximate surface area is 173 Å². The molecule has 8 heteroatoms. The van der Waals surface area contributed by atoms with E-state index in [-0.39, 0.29) is 17.6 Å². The lowest BCUT2D eigenvalue weighted by atomic mass is 10.1. The van der Waals surface area contributed by atoms with Gasteiger partial charge in [0, 0.05) is 6.54 Å². The summed E-state index contributed by atoms with van der Waals surface area (Å²) in [6.45, 7) is 2.03. The zero-order valence-corrected chi connectivity index (χ0v) is 16.9. The summed E-state index contributed by atoms with van der Waals surface area (Å²) >= 11 is 0. The lowest BCUT2D eigenvalue weighted by molar-refractivity contribution is -0.137. The van der Waals surface area contributed by atoms with Crippen LogP contribution in [0.5, 0.6) is 0 Å². The second-order valence-corrected chi connectivity index (χ2v) is 7.20. The van der Waals surface area contributed by atoms with Crippen molar-refractivity contribution in [3.8, 4) is 5.69 Å². The summed E-state index contributed by atoms with van der Waals surface area (Å²) in [5.41, 5.74) is 1.33. The molecule has 0 saturated carbocycles. The van der Waals surface area contributed by atoms with E-state index >= 15 is 0 Å². The molecule has 1 atom stereocenters. The van der Waals surface area contributed by atoms with Crippen LogP contribution < -0.4 is 5.32 Å². The van der Waals surface area contributed by atoms with E-state index in [1.54, 1.807) is 6.92 Å². The van der Waals surface area contributed by atoms with Gasteiger partial charge in [0.2, 0.25) is 0 Å². The Morgan fingerprint density at radius 3 is 2.47 bits per heavy atom. The van der Waals surface area contributed by atoms with Gasteiger partial charge < -0.3 is 10.2 Å². The monoisotopic (exact) mass is 416 g/mol. The molecule has 158 valence electrons. The number of hydrogen-bond donors (Lipinski definition) is 1. The average Bonchev–Trinajstić information content (AvgIpc) is 3.09. The number of halogens is 3. The van der Waals surface area contributed by atoms with Gasteiger partial charge in [-0.3, -0.25) is 4.79 Å². The van der Waals surface area contributed by atoms with Crippen LogP contribution in [0.2, 0.25) is 0 Å². The summed E-state index contributed by atoms with van der Waals surface area (Å²) in [5, 5.41) is 7.03. The van der Waals surface area contributed by atoms with Crippen LogP contribution in [0.15, 0.2) is 60.8 Å². The molecule has 3 rings (SSSR count). The Morgan fingerprint density at radius 1 is 1.13 bits per heavy atom. The number of alkyl halides is 3. The highest BCUT2D eigenvalue weighted by molar-refractivity contribution is 5.95.